The summed E-state index contributed by atoms with van der Waals surface area (Å²) in [6.07, 6.45) is 0. The van der Waals surface area contributed by atoms with Crippen LogP contribution in [0.2, 0.25) is 0 Å². The van der Waals surface area contributed by atoms with Crippen LogP contribution in [-0.4, -0.2) is 4.92 Å². The Morgan fingerprint density at radius 3 is 2.45 bits per heavy atom. The molecule has 0 saturated carbocycles. The van der Waals surface area contributed by atoms with E-state index in [0.717, 1.165) is 24.3 Å². The smallest absolute Gasteiger partial charge is 0.314 e. The monoisotopic (exact) mass is 347 g/mol. The second-order valence-electron chi connectivity index (χ2n) is 3.67. The van der Waals surface area contributed by atoms with Gasteiger partial charge in [-0.25, -0.2) is 8.78 Å². The molecular formula is C12H5BrF3NO3. The molecule has 0 N–H and O–H groups in total. The first-order valence-corrected chi connectivity index (χ1v) is 5.94. The van der Waals surface area contributed by atoms with Gasteiger partial charge in [0.05, 0.1) is 11.0 Å². The summed E-state index contributed by atoms with van der Waals surface area (Å²) in [5.41, 5.74) is -0.690. The first kappa shape index (κ1) is 14.3. The number of nitro groups is 1. The van der Waals surface area contributed by atoms with E-state index in [1.54, 1.807) is 0 Å². The zero-order chi connectivity index (χ0) is 14.9. The summed E-state index contributed by atoms with van der Waals surface area (Å²) in [6.45, 7) is 0. The van der Waals surface area contributed by atoms with Gasteiger partial charge in [-0.2, -0.15) is 4.39 Å². The maximum atomic E-state index is 13.5. The number of benzene rings is 2. The van der Waals surface area contributed by atoms with E-state index < -0.39 is 39.6 Å². The second-order valence-corrected chi connectivity index (χ2v) is 4.59. The molecule has 2 aromatic carbocycles. The largest absolute Gasteiger partial charge is 0.447 e. The number of nitro benzene ring substituents is 1. The van der Waals surface area contributed by atoms with Crippen LogP contribution in [0.3, 0.4) is 0 Å². The Kier molecular flexibility index (Phi) is 3.93. The molecule has 0 spiro atoms. The predicted octanol–water partition coefficient (Wildman–Crippen LogP) is 4.57. The quantitative estimate of drug-likeness (QED) is 0.464. The minimum Gasteiger partial charge on any atom is -0.447 e. The molecule has 0 radical (unpaired) electrons. The van der Waals surface area contributed by atoms with Crippen molar-refractivity contribution in [3.05, 3.63) is 62.4 Å². The van der Waals surface area contributed by atoms with Crippen molar-refractivity contribution < 1.29 is 22.8 Å². The lowest BCUT2D eigenvalue weighted by Crippen LogP contribution is -1.97. The van der Waals surface area contributed by atoms with E-state index >= 15 is 0 Å². The van der Waals surface area contributed by atoms with Crippen molar-refractivity contribution in [2.45, 2.75) is 0 Å². The summed E-state index contributed by atoms with van der Waals surface area (Å²) in [4.78, 5) is 9.88. The van der Waals surface area contributed by atoms with Gasteiger partial charge in [0, 0.05) is 4.47 Å². The highest BCUT2D eigenvalue weighted by molar-refractivity contribution is 9.10. The summed E-state index contributed by atoms with van der Waals surface area (Å²) in [5, 5.41) is 10.8. The molecule has 0 atom stereocenters. The van der Waals surface area contributed by atoms with Crippen molar-refractivity contribution in [3.63, 3.8) is 0 Å². The Hall–Kier alpha value is -2.09. The molecule has 0 fully saturated rings. The van der Waals surface area contributed by atoms with Crippen molar-refractivity contribution in [1.82, 2.24) is 0 Å². The third-order valence-electron chi connectivity index (χ3n) is 2.30. The maximum Gasteiger partial charge on any atom is 0.314 e. The molecule has 0 aliphatic carbocycles. The lowest BCUT2D eigenvalue weighted by Gasteiger charge is -2.08. The average Bonchev–Trinajstić information content (AvgIpc) is 2.37. The molecule has 0 aliphatic rings. The molecule has 0 aromatic heterocycles. The van der Waals surface area contributed by atoms with Gasteiger partial charge in [0.1, 0.15) is 5.82 Å². The Labute approximate surface area is 119 Å². The van der Waals surface area contributed by atoms with Gasteiger partial charge < -0.3 is 4.74 Å². The van der Waals surface area contributed by atoms with E-state index in [9.17, 15) is 23.3 Å². The fourth-order valence-electron chi connectivity index (χ4n) is 1.44. The zero-order valence-corrected chi connectivity index (χ0v) is 11.2. The van der Waals surface area contributed by atoms with Gasteiger partial charge in [0.25, 0.3) is 0 Å². The molecule has 20 heavy (non-hydrogen) atoms. The number of nitrogens with zero attached hydrogens (tertiary/aromatic N) is 1. The van der Waals surface area contributed by atoms with Gasteiger partial charge in [-0.15, -0.1) is 0 Å². The van der Waals surface area contributed by atoms with E-state index in [1.807, 2.05) is 0 Å². The van der Waals surface area contributed by atoms with Gasteiger partial charge in [0.2, 0.25) is 11.6 Å². The molecule has 0 aliphatic heterocycles. The van der Waals surface area contributed by atoms with Crippen molar-refractivity contribution >= 4 is 21.6 Å². The van der Waals surface area contributed by atoms with Crippen LogP contribution >= 0.6 is 15.9 Å². The van der Waals surface area contributed by atoms with Crippen molar-refractivity contribution in [2.75, 3.05) is 0 Å². The van der Waals surface area contributed by atoms with Crippen molar-refractivity contribution in [2.24, 2.45) is 0 Å². The lowest BCUT2D eigenvalue weighted by atomic mass is 10.2. The molecule has 2 aromatic rings. The normalized spacial score (nSPS) is 10.4. The average molecular weight is 348 g/mol. The fourth-order valence-corrected chi connectivity index (χ4v) is 1.85. The van der Waals surface area contributed by atoms with Gasteiger partial charge in [-0.05, 0) is 24.3 Å². The topological polar surface area (TPSA) is 52.4 Å². The van der Waals surface area contributed by atoms with Gasteiger partial charge in [-0.3, -0.25) is 10.1 Å². The number of hydrogen-bond donors (Lipinski definition) is 0. The minimum absolute atomic E-state index is 0.191. The van der Waals surface area contributed by atoms with Crippen molar-refractivity contribution in [1.29, 1.82) is 0 Å². The van der Waals surface area contributed by atoms with Crippen LogP contribution in [0, 0.1) is 27.6 Å². The molecule has 8 heteroatoms. The molecule has 4 nitrogen and oxygen atoms in total. The Morgan fingerprint density at radius 1 is 1.10 bits per heavy atom. The number of halogens is 4. The van der Waals surface area contributed by atoms with Crippen LogP contribution in [0.15, 0.2) is 34.8 Å². The SMILES string of the molecule is O=[N+]([O-])c1cc(F)ccc1Oc1cc(Br)cc(F)c1F. The van der Waals surface area contributed by atoms with Crippen LogP contribution in [-0.2, 0) is 0 Å². The van der Waals surface area contributed by atoms with Crippen LogP contribution in [0.1, 0.15) is 0 Å². The number of rotatable bonds is 3. The highest BCUT2D eigenvalue weighted by atomic mass is 79.9. The maximum absolute atomic E-state index is 13.5. The molecule has 0 saturated heterocycles. The number of hydrogen-bond acceptors (Lipinski definition) is 3. The highest BCUT2D eigenvalue weighted by Gasteiger charge is 2.20. The van der Waals surface area contributed by atoms with E-state index in [-0.39, 0.29) is 4.47 Å². The second kappa shape index (κ2) is 5.49. The summed E-state index contributed by atoms with van der Waals surface area (Å²) < 4.78 is 44.8. The standard InChI is InChI=1S/C12H5BrF3NO3/c13-6-3-8(15)12(16)11(4-6)20-10-2-1-7(14)5-9(10)17(18)19/h1-5H. The zero-order valence-electron chi connectivity index (χ0n) is 9.57. The molecule has 0 unspecified atom stereocenters. The Balaban J connectivity index is 2.48. The fraction of sp³-hybridized carbons (Fsp3) is 0. The molecule has 2 rings (SSSR count). The van der Waals surface area contributed by atoms with Crippen LogP contribution < -0.4 is 4.74 Å². The Bertz CT molecular complexity index is 694. The predicted molar refractivity (Wildman–Crippen MR) is 67.2 cm³/mol. The Morgan fingerprint density at radius 2 is 1.80 bits per heavy atom. The van der Waals surface area contributed by atoms with Crippen LogP contribution in [0.4, 0.5) is 18.9 Å². The first-order chi connectivity index (χ1) is 9.38. The number of ether oxygens (including phenoxy) is 1. The summed E-state index contributed by atoms with van der Waals surface area (Å²) in [6, 6.07) is 4.48. The van der Waals surface area contributed by atoms with Crippen LogP contribution in [0.25, 0.3) is 0 Å². The molecular weight excluding hydrogens is 343 g/mol. The minimum atomic E-state index is -1.30. The summed E-state index contributed by atoms with van der Waals surface area (Å²) in [7, 11) is 0. The molecule has 0 amide bonds. The van der Waals surface area contributed by atoms with Gasteiger partial charge in [-0.1, -0.05) is 15.9 Å². The van der Waals surface area contributed by atoms with Crippen LogP contribution in [0.5, 0.6) is 11.5 Å². The van der Waals surface area contributed by atoms with E-state index in [0.29, 0.717) is 6.07 Å². The first-order valence-electron chi connectivity index (χ1n) is 5.15. The van der Waals surface area contributed by atoms with E-state index in [2.05, 4.69) is 15.9 Å². The molecule has 0 bridgehead atoms. The van der Waals surface area contributed by atoms with E-state index in [4.69, 9.17) is 4.74 Å². The third-order valence-corrected chi connectivity index (χ3v) is 2.76. The lowest BCUT2D eigenvalue weighted by molar-refractivity contribution is -0.385. The van der Waals surface area contributed by atoms with E-state index in [1.165, 1.54) is 0 Å². The summed E-state index contributed by atoms with van der Waals surface area (Å²) in [5.74, 6) is -4.27. The van der Waals surface area contributed by atoms with Crippen molar-refractivity contribution in [3.8, 4) is 11.5 Å². The molecule has 104 valence electrons. The third kappa shape index (κ3) is 2.90. The van der Waals surface area contributed by atoms with Gasteiger partial charge in [0.15, 0.2) is 11.6 Å². The highest BCUT2D eigenvalue weighted by Crippen LogP contribution is 2.35. The molecule has 0 heterocycles. The van der Waals surface area contributed by atoms with Gasteiger partial charge >= 0.3 is 5.69 Å². The summed E-state index contributed by atoms with van der Waals surface area (Å²) >= 11 is 2.94.